The van der Waals surface area contributed by atoms with Crippen LogP contribution in [0.5, 0.6) is 0 Å². The number of aryl methyl sites for hydroxylation is 1. The van der Waals surface area contributed by atoms with Gasteiger partial charge in [0.2, 0.25) is 0 Å². The summed E-state index contributed by atoms with van der Waals surface area (Å²) >= 11 is 0. The molecule has 2 heterocycles. The van der Waals surface area contributed by atoms with Crippen LogP contribution in [0.25, 0.3) is 111 Å². The van der Waals surface area contributed by atoms with Crippen molar-refractivity contribution in [3.8, 4) is 97.4 Å². The molecule has 87 heavy (non-hydrogen) atoms. The Bertz CT molecular complexity index is 4990. The lowest BCUT2D eigenvalue weighted by Gasteiger charge is -2.23. The van der Waals surface area contributed by atoms with Crippen molar-refractivity contribution in [3.05, 3.63) is 275 Å². The summed E-state index contributed by atoms with van der Waals surface area (Å²) in [6, 6.07) is 67.1. The molecule has 414 valence electrons. The van der Waals surface area contributed by atoms with E-state index in [1.165, 1.54) is 18.2 Å². The number of hydrogen-bond acceptors (Lipinski definition) is 5. The molecule has 12 rings (SSSR count). The minimum Gasteiger partial charge on any atom is -0.310 e. The van der Waals surface area contributed by atoms with E-state index in [-0.39, 0.29) is 16.7 Å². The third-order valence-electron chi connectivity index (χ3n) is 15.7. The number of nitrogens with zero attached hydrogens (tertiary/aromatic N) is 7. The highest BCUT2D eigenvalue weighted by Gasteiger charge is 2.42. The first-order valence-electron chi connectivity index (χ1n) is 27.1. The molecule has 0 unspecified atom stereocenters. The van der Waals surface area contributed by atoms with Gasteiger partial charge in [0.1, 0.15) is 0 Å². The van der Waals surface area contributed by atoms with Crippen molar-refractivity contribution in [1.82, 2.24) is 9.13 Å². The zero-order valence-electron chi connectivity index (χ0n) is 45.9. The van der Waals surface area contributed by atoms with E-state index in [4.69, 9.17) is 0 Å². The number of aromatic nitrogens is 2. The summed E-state index contributed by atoms with van der Waals surface area (Å²) in [5.41, 5.74) is 6.60. The van der Waals surface area contributed by atoms with Gasteiger partial charge in [0, 0.05) is 38.7 Å². The van der Waals surface area contributed by atoms with Gasteiger partial charge in [-0.25, -0.2) is 0 Å². The van der Waals surface area contributed by atoms with Crippen molar-refractivity contribution in [3.63, 3.8) is 0 Å². The number of allylic oxidation sites excluding steroid dienone is 2. The Kier molecular flexibility index (Phi) is 14.0. The van der Waals surface area contributed by atoms with Crippen molar-refractivity contribution in [2.75, 3.05) is 0 Å². The molecule has 13 heteroatoms. The predicted molar refractivity (Wildman–Crippen MR) is 328 cm³/mol. The lowest BCUT2D eigenvalue weighted by Crippen LogP contribution is -2.14. The van der Waals surface area contributed by atoms with Crippen LogP contribution in [0.15, 0.2) is 219 Å². The van der Waals surface area contributed by atoms with Crippen molar-refractivity contribution in [2.45, 2.75) is 19.3 Å². The van der Waals surface area contributed by atoms with Gasteiger partial charge >= 0.3 is 12.4 Å². The minimum absolute atomic E-state index is 0.0585. The number of hydrogen-bond donors (Lipinski definition) is 0. The fourth-order valence-corrected chi connectivity index (χ4v) is 11.6. The Morgan fingerprint density at radius 3 is 1.34 bits per heavy atom. The van der Waals surface area contributed by atoms with E-state index in [2.05, 4.69) is 36.9 Å². The maximum Gasteiger partial charge on any atom is 0.417 e. The molecular formula is C74H41F6N7. The largest absolute Gasteiger partial charge is 0.417 e. The molecule has 0 aliphatic rings. The van der Waals surface area contributed by atoms with Crippen LogP contribution < -0.4 is 0 Å². The predicted octanol–water partition coefficient (Wildman–Crippen LogP) is 19.5. The first kappa shape index (κ1) is 55.6. The van der Waals surface area contributed by atoms with E-state index in [1.807, 2.05) is 101 Å². The first-order chi connectivity index (χ1) is 42.0. The molecular weight excluding hydrogens is 1100 g/mol. The highest BCUT2D eigenvalue weighted by Crippen LogP contribution is 2.50. The van der Waals surface area contributed by atoms with Gasteiger partial charge in [0.05, 0.1) is 91.5 Å². The molecule has 0 atom stereocenters. The van der Waals surface area contributed by atoms with Crippen molar-refractivity contribution < 1.29 is 26.3 Å². The number of rotatable bonds is 10. The van der Waals surface area contributed by atoms with Crippen LogP contribution in [0.2, 0.25) is 0 Å². The molecule has 0 saturated carbocycles. The number of alkyl halides is 6. The molecule has 0 bridgehead atoms. The van der Waals surface area contributed by atoms with Gasteiger partial charge in [-0.1, -0.05) is 91.5 Å². The van der Waals surface area contributed by atoms with Crippen LogP contribution in [-0.2, 0) is 12.4 Å². The molecule has 0 aliphatic carbocycles. The summed E-state index contributed by atoms with van der Waals surface area (Å²) in [5, 5.41) is 52.1. The number of benzene rings is 10. The van der Waals surface area contributed by atoms with Gasteiger partial charge in [0.15, 0.2) is 0 Å². The second-order valence-electron chi connectivity index (χ2n) is 20.8. The van der Waals surface area contributed by atoms with Crippen LogP contribution in [0, 0.1) is 63.6 Å². The Labute approximate surface area is 495 Å². The molecule has 7 nitrogen and oxygen atoms in total. The summed E-state index contributed by atoms with van der Waals surface area (Å²) in [5.74, 6) is 0. The standard InChI is InChI=1S/C74H41F6N7/c1-44(51-12-3-8-46(30-51)39-81)18-25-67-45(2)60-35-55(52-13-4-9-47(31-52)40-82)20-27-68(60)86(67)58-23-24-59(72-65(73(75,76)77)16-7-17-66(72)74(78,79)80)61(38-58)62-34-50(43-85)19-26-69(62)87-70-28-21-56(53-14-5-10-48(32-53)41-83)36-63(70)64-37-57(22-29-71(64)87)54-15-6-11-49(33-54)42-84/h3-38H,1H2,2H3/b25-18-. The molecule has 12 aromatic rings. The summed E-state index contributed by atoms with van der Waals surface area (Å²) in [7, 11) is 0. The number of halogens is 6. The SMILES string of the molecule is C=C(/C=C\c1c(C)c2cc(-c3cccc(C#N)c3)ccc2n1-c1ccc(-c2c(C(F)(F)F)cccc2C(F)(F)F)c(-c2cc(C#N)ccc2-n2c3ccc(-c4cccc(C#N)c4)cc3c3cc(-c4cccc(C#N)c4)ccc32)c1)c1cccc(C#N)c1. The minimum atomic E-state index is -5.28. The van der Waals surface area contributed by atoms with Gasteiger partial charge in [-0.2, -0.15) is 52.7 Å². The van der Waals surface area contributed by atoms with E-state index < -0.39 is 34.6 Å². The van der Waals surface area contributed by atoms with Crippen LogP contribution in [0.4, 0.5) is 26.3 Å². The van der Waals surface area contributed by atoms with E-state index in [1.54, 1.807) is 97.1 Å². The topological polar surface area (TPSA) is 129 Å². The second kappa shape index (κ2) is 22.0. The maximum atomic E-state index is 15.6. The van der Waals surface area contributed by atoms with Crippen LogP contribution >= 0.6 is 0 Å². The van der Waals surface area contributed by atoms with Gasteiger partial charge in [-0.05, 0) is 202 Å². The summed E-state index contributed by atoms with van der Waals surface area (Å²) in [6.45, 7) is 6.20. The van der Waals surface area contributed by atoms with E-state index >= 15 is 26.3 Å². The molecule has 0 fully saturated rings. The van der Waals surface area contributed by atoms with E-state index in [0.29, 0.717) is 89.9 Å². The van der Waals surface area contributed by atoms with Crippen molar-refractivity contribution >= 4 is 44.4 Å². The van der Waals surface area contributed by atoms with Gasteiger partial charge in [-0.15, -0.1) is 0 Å². The fraction of sp³-hybridized carbons (Fsp3) is 0.0405. The second-order valence-corrected chi connectivity index (χ2v) is 20.8. The van der Waals surface area contributed by atoms with E-state index in [0.717, 1.165) is 50.4 Å². The van der Waals surface area contributed by atoms with E-state index in [9.17, 15) is 26.3 Å². The Morgan fingerprint density at radius 1 is 0.414 bits per heavy atom. The molecule has 2 aromatic heterocycles. The highest BCUT2D eigenvalue weighted by atomic mass is 19.4. The summed E-state index contributed by atoms with van der Waals surface area (Å²) in [4.78, 5) is 0. The quantitative estimate of drug-likeness (QED) is 0.0995. The molecule has 0 N–H and O–H groups in total. The third kappa shape index (κ3) is 10.2. The van der Waals surface area contributed by atoms with Gasteiger partial charge in [0.25, 0.3) is 0 Å². The average molecular weight is 1140 g/mol. The summed E-state index contributed by atoms with van der Waals surface area (Å²) in [6.07, 6.45) is -6.98. The first-order valence-corrected chi connectivity index (χ1v) is 27.1. The Morgan fingerprint density at radius 2 is 0.851 bits per heavy atom. The Hall–Kier alpha value is -12.0. The smallest absolute Gasteiger partial charge is 0.310 e. The fourth-order valence-electron chi connectivity index (χ4n) is 11.6. The zero-order chi connectivity index (χ0) is 60.9. The van der Waals surface area contributed by atoms with Crippen LogP contribution in [-0.4, -0.2) is 9.13 Å². The lowest BCUT2D eigenvalue weighted by atomic mass is 9.86. The van der Waals surface area contributed by atoms with Gasteiger partial charge < -0.3 is 9.13 Å². The molecule has 0 saturated heterocycles. The molecule has 0 aliphatic heterocycles. The highest BCUT2D eigenvalue weighted by molar-refractivity contribution is 6.12. The number of nitriles is 5. The third-order valence-corrected chi connectivity index (χ3v) is 15.7. The van der Waals surface area contributed by atoms with Crippen molar-refractivity contribution in [1.29, 1.82) is 26.3 Å². The number of fused-ring (bicyclic) bond motifs is 4. The zero-order valence-corrected chi connectivity index (χ0v) is 45.9. The van der Waals surface area contributed by atoms with Crippen LogP contribution in [0.1, 0.15) is 55.8 Å². The average Bonchev–Trinajstić information content (AvgIpc) is 1.74. The monoisotopic (exact) mass is 1140 g/mol. The van der Waals surface area contributed by atoms with Crippen LogP contribution in [0.3, 0.4) is 0 Å². The Balaban J connectivity index is 1.18. The normalized spacial score (nSPS) is 11.6. The molecule has 0 radical (unpaired) electrons. The summed E-state index contributed by atoms with van der Waals surface area (Å²) < 4.78 is 97.3. The van der Waals surface area contributed by atoms with Crippen molar-refractivity contribution in [2.24, 2.45) is 0 Å². The lowest BCUT2D eigenvalue weighted by molar-refractivity contribution is -0.142. The molecule has 0 spiro atoms. The molecule has 0 amide bonds. The molecule has 10 aromatic carbocycles. The van der Waals surface area contributed by atoms with Gasteiger partial charge in [-0.3, -0.25) is 0 Å². The maximum absolute atomic E-state index is 15.6.